The Balaban J connectivity index is 1.59. The molecule has 1 aromatic heterocycles. The van der Waals surface area contributed by atoms with Gasteiger partial charge in [-0.3, -0.25) is 4.79 Å². The quantitative estimate of drug-likeness (QED) is 0.410. The summed E-state index contributed by atoms with van der Waals surface area (Å²) < 4.78 is 12.5. The largest absolute Gasteiger partial charge is 0.493 e. The second kappa shape index (κ2) is 10.4. The fourth-order valence-corrected chi connectivity index (χ4v) is 3.82. The van der Waals surface area contributed by atoms with Crippen molar-refractivity contribution in [3.8, 4) is 22.8 Å². The van der Waals surface area contributed by atoms with E-state index in [9.17, 15) is 9.90 Å². The monoisotopic (exact) mass is 456 g/mol. The van der Waals surface area contributed by atoms with E-state index in [0.717, 1.165) is 22.1 Å². The molecule has 0 amide bonds. The lowest BCUT2D eigenvalue weighted by Gasteiger charge is -2.17. The summed E-state index contributed by atoms with van der Waals surface area (Å²) in [5.74, 6) is 1.10. The van der Waals surface area contributed by atoms with E-state index >= 15 is 0 Å². The van der Waals surface area contributed by atoms with E-state index in [1.165, 1.54) is 4.68 Å². The zero-order valence-electron chi connectivity index (χ0n) is 19.6. The van der Waals surface area contributed by atoms with Gasteiger partial charge in [-0.1, -0.05) is 66.2 Å². The van der Waals surface area contributed by atoms with Crippen LogP contribution in [-0.2, 0) is 6.54 Å². The minimum Gasteiger partial charge on any atom is -0.493 e. The van der Waals surface area contributed by atoms with Gasteiger partial charge in [0, 0.05) is 10.9 Å². The predicted molar refractivity (Wildman–Crippen MR) is 135 cm³/mol. The van der Waals surface area contributed by atoms with Crippen LogP contribution in [0.5, 0.6) is 11.5 Å². The van der Waals surface area contributed by atoms with E-state index in [1.54, 1.807) is 19.2 Å². The summed E-state index contributed by atoms with van der Waals surface area (Å²) in [6.07, 6.45) is 2.96. The Labute approximate surface area is 198 Å². The van der Waals surface area contributed by atoms with Crippen LogP contribution in [0.2, 0.25) is 0 Å². The van der Waals surface area contributed by atoms with Crippen molar-refractivity contribution in [2.75, 3.05) is 13.7 Å². The molecule has 0 aliphatic carbocycles. The molecule has 0 bridgehead atoms. The molecule has 3 aromatic carbocycles. The summed E-state index contributed by atoms with van der Waals surface area (Å²) in [6, 6.07) is 21.0. The van der Waals surface area contributed by atoms with Crippen molar-refractivity contribution in [3.05, 3.63) is 94.3 Å². The third-order valence-corrected chi connectivity index (χ3v) is 5.55. The van der Waals surface area contributed by atoms with Gasteiger partial charge in [0.2, 0.25) is 0 Å². The number of fused-ring (bicyclic) bond motifs is 1. The average Bonchev–Trinajstić information content (AvgIpc) is 2.85. The smallest absolute Gasteiger partial charge is 0.274 e. The molecule has 34 heavy (non-hydrogen) atoms. The maximum atomic E-state index is 13.1. The average molecular weight is 457 g/mol. The van der Waals surface area contributed by atoms with Crippen LogP contribution < -0.4 is 15.0 Å². The highest BCUT2D eigenvalue weighted by Crippen LogP contribution is 2.29. The molecule has 0 aliphatic rings. The molecule has 6 nitrogen and oxygen atoms in total. The first-order valence-electron chi connectivity index (χ1n) is 11.2. The standard InChI is InChI=1S/C28H28N2O4/c1-4-7-20-12-15-25(26(16-20)33-3)34-18-22(31)17-30-28(32)24-9-6-5-8-23(24)27(29-30)21-13-10-19(2)11-14-21/h4-16,22,31H,17-18H2,1-3H3/b7-4+. The third kappa shape index (κ3) is 5.02. The molecule has 1 unspecified atom stereocenters. The number of allylic oxidation sites excluding steroid dienone is 1. The number of hydrogen-bond acceptors (Lipinski definition) is 5. The fraction of sp³-hybridized carbons (Fsp3) is 0.214. The molecule has 0 saturated heterocycles. The van der Waals surface area contributed by atoms with Crippen LogP contribution in [0.4, 0.5) is 0 Å². The minimum atomic E-state index is -0.947. The highest BCUT2D eigenvalue weighted by Gasteiger charge is 2.16. The number of rotatable bonds is 8. The van der Waals surface area contributed by atoms with E-state index < -0.39 is 6.10 Å². The molecule has 0 saturated carbocycles. The molecule has 1 heterocycles. The Bertz CT molecular complexity index is 1370. The molecule has 6 heteroatoms. The van der Waals surface area contributed by atoms with Crippen molar-refractivity contribution in [2.45, 2.75) is 26.5 Å². The lowest BCUT2D eigenvalue weighted by atomic mass is 10.0. The first-order valence-corrected chi connectivity index (χ1v) is 11.2. The van der Waals surface area contributed by atoms with Gasteiger partial charge in [-0.2, -0.15) is 5.10 Å². The lowest BCUT2D eigenvalue weighted by molar-refractivity contribution is 0.0868. The van der Waals surface area contributed by atoms with Crippen LogP contribution in [0.15, 0.2) is 77.6 Å². The molecular formula is C28H28N2O4. The van der Waals surface area contributed by atoms with Crippen molar-refractivity contribution < 1.29 is 14.6 Å². The molecule has 0 fully saturated rings. The highest BCUT2D eigenvalue weighted by atomic mass is 16.5. The first-order chi connectivity index (χ1) is 16.5. The number of aliphatic hydroxyl groups is 1. The summed E-state index contributed by atoms with van der Waals surface area (Å²) in [5, 5.41) is 16.6. The van der Waals surface area contributed by atoms with E-state index in [4.69, 9.17) is 9.47 Å². The zero-order chi connectivity index (χ0) is 24.1. The molecule has 1 N–H and O–H groups in total. The van der Waals surface area contributed by atoms with Crippen LogP contribution in [0.1, 0.15) is 18.1 Å². The molecular weight excluding hydrogens is 428 g/mol. The van der Waals surface area contributed by atoms with Gasteiger partial charge in [-0.05, 0) is 37.6 Å². The normalized spacial score (nSPS) is 12.2. The number of methoxy groups -OCH3 is 1. The molecule has 0 spiro atoms. The summed E-state index contributed by atoms with van der Waals surface area (Å²) in [4.78, 5) is 13.1. The first kappa shape index (κ1) is 23.3. The van der Waals surface area contributed by atoms with Gasteiger partial charge < -0.3 is 14.6 Å². The van der Waals surface area contributed by atoms with Crippen molar-refractivity contribution in [1.82, 2.24) is 9.78 Å². The van der Waals surface area contributed by atoms with E-state index in [0.29, 0.717) is 22.6 Å². The van der Waals surface area contributed by atoms with Crippen LogP contribution in [-0.4, -0.2) is 34.7 Å². The van der Waals surface area contributed by atoms with Gasteiger partial charge in [0.15, 0.2) is 11.5 Å². The van der Waals surface area contributed by atoms with Crippen molar-refractivity contribution >= 4 is 16.8 Å². The van der Waals surface area contributed by atoms with Gasteiger partial charge in [-0.15, -0.1) is 0 Å². The molecule has 0 aliphatic heterocycles. The molecule has 4 aromatic rings. The highest BCUT2D eigenvalue weighted by molar-refractivity contribution is 5.93. The van der Waals surface area contributed by atoms with Crippen LogP contribution >= 0.6 is 0 Å². The number of aryl methyl sites for hydroxylation is 1. The van der Waals surface area contributed by atoms with E-state index in [-0.39, 0.29) is 18.7 Å². The Morgan fingerprint density at radius 3 is 2.47 bits per heavy atom. The van der Waals surface area contributed by atoms with Gasteiger partial charge in [0.25, 0.3) is 5.56 Å². The maximum absolute atomic E-state index is 13.1. The molecule has 4 rings (SSSR count). The van der Waals surface area contributed by atoms with Crippen molar-refractivity contribution in [3.63, 3.8) is 0 Å². The molecule has 0 radical (unpaired) electrons. The number of aliphatic hydroxyl groups excluding tert-OH is 1. The summed E-state index contributed by atoms with van der Waals surface area (Å²) >= 11 is 0. The number of benzene rings is 3. The van der Waals surface area contributed by atoms with Gasteiger partial charge in [-0.25, -0.2) is 4.68 Å². The van der Waals surface area contributed by atoms with Crippen molar-refractivity contribution in [2.24, 2.45) is 0 Å². The summed E-state index contributed by atoms with van der Waals surface area (Å²) in [6.45, 7) is 3.96. The lowest BCUT2D eigenvalue weighted by Crippen LogP contribution is -2.32. The number of ether oxygens (including phenoxy) is 2. The number of aromatic nitrogens is 2. The summed E-state index contributed by atoms with van der Waals surface area (Å²) in [5.41, 5.74) is 3.49. The van der Waals surface area contributed by atoms with Gasteiger partial charge in [0.1, 0.15) is 12.7 Å². The predicted octanol–water partition coefficient (Wildman–Crippen LogP) is 4.85. The third-order valence-electron chi connectivity index (χ3n) is 5.55. The fourth-order valence-electron chi connectivity index (χ4n) is 3.82. The second-order valence-electron chi connectivity index (χ2n) is 8.12. The molecule has 1 atom stereocenters. The molecule has 174 valence electrons. The van der Waals surface area contributed by atoms with Crippen LogP contribution in [0.3, 0.4) is 0 Å². The Morgan fingerprint density at radius 1 is 1.03 bits per heavy atom. The Morgan fingerprint density at radius 2 is 1.76 bits per heavy atom. The topological polar surface area (TPSA) is 73.6 Å². The van der Waals surface area contributed by atoms with E-state index in [1.807, 2.05) is 80.6 Å². The second-order valence-corrected chi connectivity index (χ2v) is 8.12. The van der Waals surface area contributed by atoms with Crippen LogP contribution in [0, 0.1) is 6.92 Å². The SMILES string of the molecule is C/C=C/c1ccc(OCC(O)Cn2nc(-c3ccc(C)cc3)c3ccccc3c2=O)c(OC)c1. The zero-order valence-corrected chi connectivity index (χ0v) is 19.6. The van der Waals surface area contributed by atoms with Gasteiger partial charge >= 0.3 is 0 Å². The Hall–Kier alpha value is -3.90. The van der Waals surface area contributed by atoms with E-state index in [2.05, 4.69) is 5.10 Å². The Kier molecular flexibility index (Phi) is 7.09. The van der Waals surface area contributed by atoms with Crippen LogP contribution in [0.25, 0.3) is 28.1 Å². The van der Waals surface area contributed by atoms with Crippen molar-refractivity contribution in [1.29, 1.82) is 0 Å². The maximum Gasteiger partial charge on any atom is 0.274 e. The summed E-state index contributed by atoms with van der Waals surface area (Å²) in [7, 11) is 1.57. The number of nitrogens with zero attached hydrogens (tertiary/aromatic N) is 2. The minimum absolute atomic E-state index is 0.00149. The number of hydrogen-bond donors (Lipinski definition) is 1. The van der Waals surface area contributed by atoms with Gasteiger partial charge in [0.05, 0.1) is 24.7 Å².